The van der Waals surface area contributed by atoms with Crippen molar-refractivity contribution >= 4 is 58.6 Å². The van der Waals surface area contributed by atoms with E-state index in [4.69, 9.17) is 28.1 Å². The van der Waals surface area contributed by atoms with Crippen LogP contribution in [0.15, 0.2) is 48.5 Å². The Kier molecular flexibility index (Phi) is 8.36. The standard InChI is InChI=1S/C29H33Cl2N7O4/c1-5-42-28(41)38-25(32-26(39)19-10-12-20(13-11-19)35-16-14-34(4)15-17-35)21-18-36(29(2,3)24(21)33-38)27(40)37(31)23-9-7-6-8-22(23)30/h6-13H,5,14-18H2,1-4H3,(H,32,39). The Labute approximate surface area is 254 Å². The largest absolute Gasteiger partial charge is 0.448 e. The number of rotatable bonds is 5. The Morgan fingerprint density at radius 2 is 1.71 bits per heavy atom. The van der Waals surface area contributed by atoms with Crippen LogP contribution in [0.4, 0.5) is 26.8 Å². The molecule has 2 aromatic carbocycles. The van der Waals surface area contributed by atoms with Crippen LogP contribution in [-0.2, 0) is 16.8 Å². The molecule has 0 bridgehead atoms. The second-order valence-corrected chi connectivity index (χ2v) is 11.5. The van der Waals surface area contributed by atoms with Crippen molar-refractivity contribution in [3.63, 3.8) is 0 Å². The number of fused-ring (bicyclic) bond motifs is 1. The molecule has 1 fully saturated rings. The predicted molar refractivity (Wildman–Crippen MR) is 163 cm³/mol. The van der Waals surface area contributed by atoms with Crippen molar-refractivity contribution in [2.24, 2.45) is 0 Å². The van der Waals surface area contributed by atoms with Crippen molar-refractivity contribution in [1.82, 2.24) is 19.6 Å². The van der Waals surface area contributed by atoms with Gasteiger partial charge in [0.1, 0.15) is 5.82 Å². The fourth-order valence-corrected chi connectivity index (χ4v) is 5.72. The van der Waals surface area contributed by atoms with Gasteiger partial charge in [0.05, 0.1) is 35.1 Å². The molecule has 3 heterocycles. The molecule has 13 heteroatoms. The van der Waals surface area contributed by atoms with Gasteiger partial charge in [-0.1, -0.05) is 23.7 Å². The van der Waals surface area contributed by atoms with Crippen LogP contribution in [0, 0.1) is 0 Å². The molecule has 0 unspecified atom stereocenters. The molecule has 3 amide bonds. The average Bonchev–Trinajstić information content (AvgIpc) is 3.47. The number of para-hydroxylation sites is 1. The second-order valence-electron chi connectivity index (χ2n) is 10.7. The molecule has 0 atom stereocenters. The summed E-state index contributed by atoms with van der Waals surface area (Å²) in [5, 5.41) is 7.68. The Bertz CT molecular complexity index is 1500. The van der Waals surface area contributed by atoms with E-state index < -0.39 is 23.6 Å². The fraction of sp³-hybridized carbons (Fsp3) is 0.379. The number of carbonyl (C=O) groups excluding carboxylic acids is 3. The van der Waals surface area contributed by atoms with E-state index in [1.807, 2.05) is 12.1 Å². The molecule has 2 aliphatic heterocycles. The number of nitrogens with zero attached hydrogens (tertiary/aromatic N) is 6. The molecule has 0 saturated carbocycles. The smallest absolute Gasteiger partial charge is 0.436 e. The molecule has 2 aliphatic rings. The van der Waals surface area contributed by atoms with E-state index in [1.165, 1.54) is 4.90 Å². The molecule has 3 aromatic rings. The van der Waals surface area contributed by atoms with Crippen LogP contribution in [0.25, 0.3) is 0 Å². The minimum absolute atomic E-state index is 0.0339. The van der Waals surface area contributed by atoms with Gasteiger partial charge in [0.2, 0.25) is 0 Å². The lowest BCUT2D eigenvalue weighted by Gasteiger charge is -2.34. The number of amides is 3. The van der Waals surface area contributed by atoms with E-state index in [1.54, 1.807) is 57.2 Å². The van der Waals surface area contributed by atoms with Gasteiger partial charge >= 0.3 is 12.1 Å². The lowest BCUT2D eigenvalue weighted by atomic mass is 10.0. The first-order valence-electron chi connectivity index (χ1n) is 13.7. The predicted octanol–water partition coefficient (Wildman–Crippen LogP) is 5.38. The van der Waals surface area contributed by atoms with Crippen LogP contribution in [0.2, 0.25) is 5.02 Å². The molecular weight excluding hydrogens is 581 g/mol. The van der Waals surface area contributed by atoms with E-state index in [0.717, 1.165) is 41.0 Å². The first-order chi connectivity index (χ1) is 20.0. The van der Waals surface area contributed by atoms with Gasteiger partial charge in [-0.25, -0.2) is 14.0 Å². The number of nitrogens with one attached hydrogen (secondary N) is 1. The summed E-state index contributed by atoms with van der Waals surface area (Å²) >= 11 is 12.7. The van der Waals surface area contributed by atoms with E-state index >= 15 is 0 Å². The van der Waals surface area contributed by atoms with Crippen LogP contribution < -0.4 is 14.6 Å². The van der Waals surface area contributed by atoms with Gasteiger partial charge in [-0.05, 0) is 64.2 Å². The van der Waals surface area contributed by atoms with Crippen LogP contribution in [0.5, 0.6) is 0 Å². The zero-order chi connectivity index (χ0) is 30.2. The number of likely N-dealkylation sites (N-methyl/N-ethyl adjacent to an activating group) is 1. The van der Waals surface area contributed by atoms with Crippen molar-refractivity contribution in [3.05, 3.63) is 70.4 Å². The number of piperazine rings is 1. The van der Waals surface area contributed by atoms with Crippen molar-refractivity contribution in [1.29, 1.82) is 0 Å². The molecule has 1 aromatic heterocycles. The van der Waals surface area contributed by atoms with Gasteiger partial charge in [-0.15, -0.1) is 4.68 Å². The molecule has 0 radical (unpaired) electrons. The highest BCUT2D eigenvalue weighted by Gasteiger charge is 2.47. The van der Waals surface area contributed by atoms with Crippen LogP contribution in [0.1, 0.15) is 42.4 Å². The van der Waals surface area contributed by atoms with Gasteiger partial charge in [0, 0.05) is 54.8 Å². The molecule has 5 rings (SSSR count). The Balaban J connectivity index is 1.42. The number of carbonyl (C=O) groups is 3. The normalized spacial score (nSPS) is 16.2. The maximum atomic E-state index is 13.6. The monoisotopic (exact) mass is 613 g/mol. The maximum Gasteiger partial charge on any atom is 0.436 e. The third kappa shape index (κ3) is 5.51. The zero-order valence-electron chi connectivity index (χ0n) is 23.9. The maximum absolute atomic E-state index is 13.6. The van der Waals surface area contributed by atoms with Crippen LogP contribution in [-0.4, -0.2) is 77.4 Å². The van der Waals surface area contributed by atoms with Gasteiger partial charge in [-0.3, -0.25) is 4.79 Å². The van der Waals surface area contributed by atoms with Gasteiger partial charge < -0.3 is 24.8 Å². The first kappa shape index (κ1) is 29.7. The second kappa shape index (κ2) is 11.8. The lowest BCUT2D eigenvalue weighted by molar-refractivity contribution is 0.102. The molecule has 1 N–H and O–H groups in total. The number of urea groups is 1. The Hall–Kier alpha value is -3.80. The fourth-order valence-electron chi connectivity index (χ4n) is 5.22. The zero-order valence-corrected chi connectivity index (χ0v) is 25.4. The number of halogens is 2. The molecular formula is C29H33Cl2N7O4. The van der Waals surface area contributed by atoms with Crippen molar-refractivity contribution in [2.45, 2.75) is 32.9 Å². The molecule has 0 spiro atoms. The van der Waals surface area contributed by atoms with Crippen molar-refractivity contribution in [2.75, 3.05) is 54.5 Å². The number of ether oxygens (including phenoxy) is 1. The van der Waals surface area contributed by atoms with Crippen LogP contribution >= 0.6 is 23.4 Å². The SMILES string of the molecule is CCOC(=O)n1nc2c(c1NC(=O)c1ccc(N3CCN(C)CC3)cc1)CN(C(=O)N(Cl)c1ccccc1Cl)C2(C)C. The third-order valence-corrected chi connectivity index (χ3v) is 8.33. The third-order valence-electron chi connectivity index (χ3n) is 7.69. The minimum atomic E-state index is -0.984. The summed E-state index contributed by atoms with van der Waals surface area (Å²) in [6.45, 7) is 9.19. The van der Waals surface area contributed by atoms with Gasteiger partial charge in [-0.2, -0.15) is 5.10 Å². The highest BCUT2D eigenvalue weighted by molar-refractivity contribution is 6.41. The summed E-state index contributed by atoms with van der Waals surface area (Å²) in [6.07, 6.45) is -0.740. The number of hydrogen-bond donors (Lipinski definition) is 1. The summed E-state index contributed by atoms with van der Waals surface area (Å²) in [5.74, 6) is -0.287. The van der Waals surface area contributed by atoms with Gasteiger partial charge in [0.25, 0.3) is 5.91 Å². The first-order valence-corrected chi connectivity index (χ1v) is 14.4. The summed E-state index contributed by atoms with van der Waals surface area (Å²) in [7, 11) is 2.10. The van der Waals surface area contributed by atoms with Crippen molar-refractivity contribution in [3.8, 4) is 0 Å². The summed E-state index contributed by atoms with van der Waals surface area (Å²) in [5.41, 5.74) is 1.74. The molecule has 42 heavy (non-hydrogen) atoms. The average molecular weight is 615 g/mol. The number of aromatic nitrogens is 2. The minimum Gasteiger partial charge on any atom is -0.448 e. The number of anilines is 3. The molecule has 1 saturated heterocycles. The van der Waals surface area contributed by atoms with Gasteiger partial charge in [0.15, 0.2) is 0 Å². The Morgan fingerprint density at radius 1 is 1.05 bits per heavy atom. The van der Waals surface area contributed by atoms with E-state index in [2.05, 4.69) is 27.3 Å². The summed E-state index contributed by atoms with van der Waals surface area (Å²) < 4.78 is 7.21. The number of hydrogen-bond acceptors (Lipinski definition) is 7. The highest BCUT2D eigenvalue weighted by atomic mass is 35.5. The molecule has 0 aliphatic carbocycles. The Morgan fingerprint density at radius 3 is 2.36 bits per heavy atom. The molecule has 222 valence electrons. The number of benzene rings is 2. The summed E-state index contributed by atoms with van der Waals surface area (Å²) in [6, 6.07) is 13.5. The molecule has 11 nitrogen and oxygen atoms in total. The summed E-state index contributed by atoms with van der Waals surface area (Å²) in [4.78, 5) is 46.0. The topological polar surface area (TPSA) is 103 Å². The van der Waals surface area contributed by atoms with E-state index in [-0.39, 0.29) is 19.0 Å². The van der Waals surface area contributed by atoms with E-state index in [0.29, 0.717) is 27.5 Å². The van der Waals surface area contributed by atoms with Crippen LogP contribution in [0.3, 0.4) is 0 Å². The van der Waals surface area contributed by atoms with E-state index in [9.17, 15) is 14.4 Å². The lowest BCUT2D eigenvalue weighted by Crippen LogP contribution is -2.46. The van der Waals surface area contributed by atoms with Crippen molar-refractivity contribution < 1.29 is 19.1 Å². The quantitative estimate of drug-likeness (QED) is 0.385. The highest BCUT2D eigenvalue weighted by Crippen LogP contribution is 2.43.